The lowest BCUT2D eigenvalue weighted by molar-refractivity contribution is 0.582. The van der Waals surface area contributed by atoms with E-state index in [1.807, 2.05) is 25.7 Å². The number of nitrogens with one attached hydrogen (secondary N) is 1. The normalized spacial score (nSPS) is 11.7. The third-order valence-corrected chi connectivity index (χ3v) is 3.85. The summed E-state index contributed by atoms with van der Waals surface area (Å²) in [5.74, 6) is 7.16. The van der Waals surface area contributed by atoms with Gasteiger partial charge >= 0.3 is 0 Å². The molecule has 1 aromatic carbocycles. The highest BCUT2D eigenvalue weighted by Crippen LogP contribution is 2.20. The molecule has 0 aliphatic carbocycles. The van der Waals surface area contributed by atoms with E-state index in [0.29, 0.717) is 6.04 Å². The van der Waals surface area contributed by atoms with E-state index in [2.05, 4.69) is 48.3 Å². The van der Waals surface area contributed by atoms with Crippen LogP contribution in [-0.4, -0.2) is 18.8 Å². The van der Waals surface area contributed by atoms with Crippen LogP contribution in [0.2, 0.25) is 0 Å². The van der Waals surface area contributed by atoms with Crippen molar-refractivity contribution in [3.8, 4) is 11.8 Å². The number of aryl methyl sites for hydroxylation is 1. The Morgan fingerprint density at radius 1 is 1.29 bits per heavy atom. The van der Waals surface area contributed by atoms with Gasteiger partial charge < -0.3 is 5.32 Å². The Bertz CT molecular complexity index is 372. The molecule has 1 rings (SSSR count). The number of thioether (sulfide) groups is 1. The molecule has 0 saturated carbocycles. The molecule has 17 heavy (non-hydrogen) atoms. The van der Waals surface area contributed by atoms with Crippen molar-refractivity contribution in [1.29, 1.82) is 0 Å². The minimum absolute atomic E-state index is 0.544. The summed E-state index contributed by atoms with van der Waals surface area (Å²) in [5.41, 5.74) is 1.32. The fourth-order valence-corrected chi connectivity index (χ4v) is 2.57. The zero-order valence-corrected chi connectivity index (χ0v) is 11.7. The maximum Gasteiger partial charge on any atom is 0.0167 e. The first-order valence-corrected chi connectivity index (χ1v) is 7.01. The molecule has 1 atom stereocenters. The SMILES string of the molecule is CC#CCCC(CSc1ccc(C)cc1)NC. The van der Waals surface area contributed by atoms with Crippen molar-refractivity contribution < 1.29 is 0 Å². The first-order chi connectivity index (χ1) is 8.26. The lowest BCUT2D eigenvalue weighted by atomic mass is 10.2. The van der Waals surface area contributed by atoms with E-state index < -0.39 is 0 Å². The molecule has 1 aromatic rings. The molecule has 1 N–H and O–H groups in total. The molecule has 0 radical (unpaired) electrons. The van der Waals surface area contributed by atoms with Gasteiger partial charge in [0, 0.05) is 23.1 Å². The number of rotatable bonds is 6. The summed E-state index contributed by atoms with van der Waals surface area (Å²) < 4.78 is 0. The maximum atomic E-state index is 3.35. The highest BCUT2D eigenvalue weighted by Gasteiger charge is 2.05. The largest absolute Gasteiger partial charge is 0.316 e. The fourth-order valence-electron chi connectivity index (χ4n) is 1.51. The Balaban J connectivity index is 2.35. The summed E-state index contributed by atoms with van der Waals surface area (Å²) in [6.07, 6.45) is 2.10. The highest BCUT2D eigenvalue weighted by atomic mass is 32.2. The molecule has 0 saturated heterocycles. The molecular weight excluding hydrogens is 226 g/mol. The molecule has 0 amide bonds. The van der Waals surface area contributed by atoms with Crippen molar-refractivity contribution in [2.24, 2.45) is 0 Å². The van der Waals surface area contributed by atoms with Gasteiger partial charge in [-0.05, 0) is 39.4 Å². The zero-order valence-electron chi connectivity index (χ0n) is 10.9. The van der Waals surface area contributed by atoms with Gasteiger partial charge in [-0.1, -0.05) is 17.7 Å². The van der Waals surface area contributed by atoms with Gasteiger partial charge in [0.2, 0.25) is 0 Å². The molecule has 0 spiro atoms. The summed E-state index contributed by atoms with van der Waals surface area (Å²) in [6, 6.07) is 9.26. The molecular formula is C15H21NS. The van der Waals surface area contributed by atoms with Crippen LogP contribution in [0.15, 0.2) is 29.2 Å². The highest BCUT2D eigenvalue weighted by molar-refractivity contribution is 7.99. The van der Waals surface area contributed by atoms with E-state index in [9.17, 15) is 0 Å². The molecule has 1 nitrogen and oxygen atoms in total. The van der Waals surface area contributed by atoms with Gasteiger partial charge in [-0.25, -0.2) is 0 Å². The minimum Gasteiger partial charge on any atom is -0.316 e. The van der Waals surface area contributed by atoms with Crippen LogP contribution in [0.4, 0.5) is 0 Å². The number of benzene rings is 1. The monoisotopic (exact) mass is 247 g/mol. The van der Waals surface area contributed by atoms with Crippen LogP contribution in [0.25, 0.3) is 0 Å². The van der Waals surface area contributed by atoms with Crippen molar-refractivity contribution in [2.75, 3.05) is 12.8 Å². The van der Waals surface area contributed by atoms with E-state index >= 15 is 0 Å². The number of hydrogen-bond donors (Lipinski definition) is 1. The first-order valence-electron chi connectivity index (χ1n) is 6.02. The lowest BCUT2D eigenvalue weighted by Crippen LogP contribution is -2.27. The van der Waals surface area contributed by atoms with Crippen LogP contribution in [0.1, 0.15) is 25.3 Å². The Morgan fingerprint density at radius 2 is 2.00 bits per heavy atom. The topological polar surface area (TPSA) is 12.0 Å². The van der Waals surface area contributed by atoms with Gasteiger partial charge in [-0.3, -0.25) is 0 Å². The van der Waals surface area contributed by atoms with E-state index in [0.717, 1.165) is 18.6 Å². The first kappa shape index (κ1) is 14.2. The Kier molecular flexibility index (Phi) is 6.84. The van der Waals surface area contributed by atoms with Crippen molar-refractivity contribution in [3.63, 3.8) is 0 Å². The summed E-state index contributed by atoms with van der Waals surface area (Å²) in [5, 5.41) is 3.35. The van der Waals surface area contributed by atoms with Gasteiger partial charge in [0.1, 0.15) is 0 Å². The van der Waals surface area contributed by atoms with Gasteiger partial charge in [-0.2, -0.15) is 0 Å². The standard InChI is InChI=1S/C15H21NS/c1-4-5-6-7-14(16-3)12-17-15-10-8-13(2)9-11-15/h8-11,14,16H,6-7,12H2,1-3H3. The molecule has 92 valence electrons. The van der Waals surface area contributed by atoms with Crippen LogP contribution in [0, 0.1) is 18.8 Å². The Hall–Kier alpha value is -0.910. The van der Waals surface area contributed by atoms with Crippen LogP contribution < -0.4 is 5.32 Å². The van der Waals surface area contributed by atoms with Crippen molar-refractivity contribution in [2.45, 2.75) is 37.6 Å². The van der Waals surface area contributed by atoms with E-state index in [4.69, 9.17) is 0 Å². The Labute approximate surface area is 109 Å². The predicted molar refractivity (Wildman–Crippen MR) is 77.4 cm³/mol. The van der Waals surface area contributed by atoms with Crippen LogP contribution in [-0.2, 0) is 0 Å². The quantitative estimate of drug-likeness (QED) is 0.610. The third-order valence-electron chi connectivity index (χ3n) is 2.67. The molecule has 1 unspecified atom stereocenters. The molecule has 0 fully saturated rings. The van der Waals surface area contributed by atoms with Gasteiger partial charge in [0.05, 0.1) is 0 Å². The molecule has 2 heteroatoms. The van der Waals surface area contributed by atoms with Crippen molar-refractivity contribution in [1.82, 2.24) is 5.32 Å². The molecule has 0 aliphatic heterocycles. The summed E-state index contributed by atoms with van der Waals surface area (Å²) in [6.45, 7) is 4.02. The fraction of sp³-hybridized carbons (Fsp3) is 0.467. The zero-order chi connectivity index (χ0) is 12.5. The van der Waals surface area contributed by atoms with Gasteiger partial charge in [0.15, 0.2) is 0 Å². The van der Waals surface area contributed by atoms with Crippen LogP contribution >= 0.6 is 11.8 Å². The average Bonchev–Trinajstić information content (AvgIpc) is 2.35. The summed E-state index contributed by atoms with van der Waals surface area (Å²) >= 11 is 1.91. The number of hydrogen-bond acceptors (Lipinski definition) is 2. The average molecular weight is 247 g/mol. The smallest absolute Gasteiger partial charge is 0.0167 e. The second-order valence-corrected chi connectivity index (χ2v) is 5.17. The van der Waals surface area contributed by atoms with E-state index in [1.165, 1.54) is 10.5 Å². The third kappa shape index (κ3) is 5.81. The molecule has 0 aliphatic rings. The second kappa shape index (κ2) is 8.22. The van der Waals surface area contributed by atoms with Crippen LogP contribution in [0.3, 0.4) is 0 Å². The summed E-state index contributed by atoms with van der Waals surface area (Å²) in [4.78, 5) is 1.34. The van der Waals surface area contributed by atoms with E-state index in [1.54, 1.807) is 0 Å². The molecule has 0 bridgehead atoms. The lowest BCUT2D eigenvalue weighted by Gasteiger charge is -2.14. The summed E-state index contributed by atoms with van der Waals surface area (Å²) in [7, 11) is 2.03. The Morgan fingerprint density at radius 3 is 2.59 bits per heavy atom. The van der Waals surface area contributed by atoms with E-state index in [-0.39, 0.29) is 0 Å². The minimum atomic E-state index is 0.544. The molecule has 0 aromatic heterocycles. The predicted octanol–water partition coefficient (Wildman–Crippen LogP) is 3.48. The van der Waals surface area contributed by atoms with Crippen molar-refractivity contribution in [3.05, 3.63) is 29.8 Å². The van der Waals surface area contributed by atoms with Crippen LogP contribution in [0.5, 0.6) is 0 Å². The van der Waals surface area contributed by atoms with Gasteiger partial charge in [-0.15, -0.1) is 23.6 Å². The van der Waals surface area contributed by atoms with Crippen molar-refractivity contribution >= 4 is 11.8 Å². The molecule has 0 heterocycles. The van der Waals surface area contributed by atoms with Gasteiger partial charge in [0.25, 0.3) is 0 Å². The maximum absolute atomic E-state index is 3.35. The second-order valence-electron chi connectivity index (χ2n) is 4.08.